The van der Waals surface area contributed by atoms with E-state index in [1.54, 1.807) is 0 Å². The number of carbonyl (C=O) groups excluding carboxylic acids is 1. The van der Waals surface area contributed by atoms with E-state index in [0.29, 0.717) is 32.5 Å². The summed E-state index contributed by atoms with van der Waals surface area (Å²) in [5, 5.41) is 8.97. The Balaban J connectivity index is 2.32. The molecule has 0 aliphatic carbocycles. The molecule has 1 N–H and O–H groups in total. The summed E-state index contributed by atoms with van der Waals surface area (Å²) in [5.41, 5.74) is 0. The Morgan fingerprint density at radius 2 is 1.81 bits per heavy atom. The zero-order valence-electron chi connectivity index (χ0n) is 13.5. The average Bonchev–Trinajstić information content (AvgIpc) is 2.45. The summed E-state index contributed by atoms with van der Waals surface area (Å²) in [5.74, 6) is -0.886. The molecule has 1 aliphatic heterocycles. The van der Waals surface area contributed by atoms with Gasteiger partial charge in [-0.05, 0) is 53.0 Å². The van der Waals surface area contributed by atoms with Crippen molar-refractivity contribution < 1.29 is 14.7 Å². The number of piperidine rings is 1. The van der Waals surface area contributed by atoms with Crippen LogP contribution in [0.4, 0.5) is 0 Å². The first-order valence-corrected chi connectivity index (χ1v) is 7.81. The minimum Gasteiger partial charge on any atom is -0.481 e. The van der Waals surface area contributed by atoms with E-state index in [1.807, 2.05) is 19.0 Å². The van der Waals surface area contributed by atoms with Gasteiger partial charge in [0, 0.05) is 13.1 Å². The molecule has 1 heterocycles. The number of aliphatic carboxylic acids is 1. The van der Waals surface area contributed by atoms with Crippen molar-refractivity contribution in [2.45, 2.75) is 26.2 Å². The monoisotopic (exact) mass is 299 g/mol. The Labute approximate surface area is 127 Å². The summed E-state index contributed by atoms with van der Waals surface area (Å²) in [6.45, 7) is 6.48. The van der Waals surface area contributed by atoms with Crippen molar-refractivity contribution in [3.63, 3.8) is 0 Å². The molecule has 0 aromatic rings. The highest BCUT2D eigenvalue weighted by molar-refractivity contribution is 5.79. The van der Waals surface area contributed by atoms with Gasteiger partial charge in [0.1, 0.15) is 0 Å². The first kappa shape index (κ1) is 17.9. The number of hydrogen-bond donors (Lipinski definition) is 1. The minimum absolute atomic E-state index is 0.130. The van der Waals surface area contributed by atoms with Crippen molar-refractivity contribution >= 4 is 11.9 Å². The Morgan fingerprint density at radius 1 is 1.19 bits per heavy atom. The van der Waals surface area contributed by atoms with Crippen LogP contribution in [0.5, 0.6) is 0 Å². The van der Waals surface area contributed by atoms with Crippen molar-refractivity contribution in [2.75, 3.05) is 53.4 Å². The molecule has 1 fully saturated rings. The highest BCUT2D eigenvalue weighted by Crippen LogP contribution is 2.17. The lowest BCUT2D eigenvalue weighted by atomic mass is 9.97. The van der Waals surface area contributed by atoms with Crippen molar-refractivity contribution in [3.8, 4) is 0 Å². The lowest BCUT2D eigenvalue weighted by molar-refractivity contribution is -0.146. The van der Waals surface area contributed by atoms with Crippen molar-refractivity contribution in [3.05, 3.63) is 0 Å². The predicted octanol–water partition coefficient (Wildman–Crippen LogP) is 0.583. The molecule has 0 spiro atoms. The van der Waals surface area contributed by atoms with E-state index in [9.17, 15) is 9.59 Å². The Kier molecular flexibility index (Phi) is 7.67. The van der Waals surface area contributed by atoms with E-state index in [1.165, 1.54) is 0 Å². The summed E-state index contributed by atoms with van der Waals surface area (Å²) < 4.78 is 0. The van der Waals surface area contributed by atoms with Crippen LogP contribution in [-0.4, -0.2) is 85.0 Å². The Hall–Kier alpha value is -1.14. The number of amides is 1. The van der Waals surface area contributed by atoms with Crippen LogP contribution in [0.25, 0.3) is 0 Å². The number of likely N-dealkylation sites (tertiary alicyclic amines) is 1. The van der Waals surface area contributed by atoms with Crippen LogP contribution < -0.4 is 0 Å². The maximum Gasteiger partial charge on any atom is 0.306 e. The third kappa shape index (κ3) is 6.44. The van der Waals surface area contributed by atoms with Crippen LogP contribution in [0, 0.1) is 5.92 Å². The zero-order chi connectivity index (χ0) is 15.8. The molecule has 0 bridgehead atoms. The summed E-state index contributed by atoms with van der Waals surface area (Å²) in [6.07, 6.45) is 2.21. The SMILES string of the molecule is CCN(CCCN(C)C)CC(=O)N1CCC(C(=O)O)CC1. The molecule has 1 rings (SSSR count). The fourth-order valence-electron chi connectivity index (χ4n) is 2.63. The second kappa shape index (κ2) is 9.00. The molecule has 122 valence electrons. The molecule has 6 heteroatoms. The number of rotatable bonds is 8. The topological polar surface area (TPSA) is 64.1 Å². The van der Waals surface area contributed by atoms with Crippen LogP contribution in [0.3, 0.4) is 0 Å². The fourth-order valence-corrected chi connectivity index (χ4v) is 2.63. The second-order valence-electron chi connectivity index (χ2n) is 6.02. The first-order chi connectivity index (χ1) is 9.93. The van der Waals surface area contributed by atoms with Gasteiger partial charge in [-0.15, -0.1) is 0 Å². The summed E-state index contributed by atoms with van der Waals surface area (Å²) >= 11 is 0. The maximum atomic E-state index is 12.3. The van der Waals surface area contributed by atoms with Crippen LogP contribution in [0.1, 0.15) is 26.2 Å². The number of carbonyl (C=O) groups is 2. The quantitative estimate of drug-likeness (QED) is 0.710. The van der Waals surface area contributed by atoms with Crippen LogP contribution in [0.15, 0.2) is 0 Å². The summed E-state index contributed by atoms with van der Waals surface area (Å²) in [7, 11) is 4.10. The van der Waals surface area contributed by atoms with Gasteiger partial charge in [0.25, 0.3) is 0 Å². The fraction of sp³-hybridized carbons (Fsp3) is 0.867. The number of likely N-dealkylation sites (N-methyl/N-ethyl adjacent to an activating group) is 1. The van der Waals surface area contributed by atoms with E-state index in [4.69, 9.17) is 5.11 Å². The maximum absolute atomic E-state index is 12.3. The van der Waals surface area contributed by atoms with Crippen molar-refractivity contribution in [2.24, 2.45) is 5.92 Å². The van der Waals surface area contributed by atoms with Gasteiger partial charge >= 0.3 is 5.97 Å². The van der Waals surface area contributed by atoms with Gasteiger partial charge in [0.15, 0.2) is 0 Å². The van der Waals surface area contributed by atoms with E-state index < -0.39 is 5.97 Å². The van der Waals surface area contributed by atoms with Crippen molar-refractivity contribution in [1.29, 1.82) is 0 Å². The van der Waals surface area contributed by atoms with Gasteiger partial charge in [0.2, 0.25) is 5.91 Å². The smallest absolute Gasteiger partial charge is 0.306 e. The molecule has 6 nitrogen and oxygen atoms in total. The minimum atomic E-state index is -0.735. The third-order valence-corrected chi connectivity index (χ3v) is 4.08. The molecule has 21 heavy (non-hydrogen) atoms. The molecule has 0 radical (unpaired) electrons. The lowest BCUT2D eigenvalue weighted by Crippen LogP contribution is -2.45. The predicted molar refractivity (Wildman–Crippen MR) is 82.2 cm³/mol. The highest BCUT2D eigenvalue weighted by Gasteiger charge is 2.27. The third-order valence-electron chi connectivity index (χ3n) is 4.08. The molecule has 0 saturated carbocycles. The van der Waals surface area contributed by atoms with E-state index in [0.717, 1.165) is 26.1 Å². The Bertz CT molecular complexity index is 339. The van der Waals surface area contributed by atoms with Gasteiger partial charge in [-0.25, -0.2) is 0 Å². The number of nitrogens with zero attached hydrogens (tertiary/aromatic N) is 3. The molecule has 1 amide bonds. The molecule has 0 atom stereocenters. The molecule has 0 aromatic carbocycles. The van der Waals surface area contributed by atoms with Gasteiger partial charge in [-0.2, -0.15) is 0 Å². The molecular weight excluding hydrogens is 270 g/mol. The standard InChI is InChI=1S/C15H29N3O3/c1-4-17(9-5-8-16(2)3)12-14(19)18-10-6-13(7-11-18)15(20)21/h13H,4-12H2,1-3H3,(H,20,21). The van der Waals surface area contributed by atoms with Crippen LogP contribution in [0.2, 0.25) is 0 Å². The van der Waals surface area contributed by atoms with Crippen LogP contribution >= 0.6 is 0 Å². The highest BCUT2D eigenvalue weighted by atomic mass is 16.4. The second-order valence-corrected chi connectivity index (χ2v) is 6.02. The summed E-state index contributed by atoms with van der Waals surface area (Å²) in [6, 6.07) is 0. The average molecular weight is 299 g/mol. The lowest BCUT2D eigenvalue weighted by Gasteiger charge is -2.32. The Morgan fingerprint density at radius 3 is 2.29 bits per heavy atom. The normalized spacial score (nSPS) is 16.7. The number of hydrogen-bond acceptors (Lipinski definition) is 4. The van der Waals surface area contributed by atoms with Gasteiger partial charge in [0.05, 0.1) is 12.5 Å². The van der Waals surface area contributed by atoms with Crippen molar-refractivity contribution in [1.82, 2.24) is 14.7 Å². The number of carboxylic acid groups (broad SMARTS) is 1. The molecular formula is C15H29N3O3. The van der Waals surface area contributed by atoms with E-state index >= 15 is 0 Å². The molecule has 1 aliphatic rings. The van der Waals surface area contributed by atoms with E-state index in [-0.39, 0.29) is 11.8 Å². The molecule has 0 aromatic heterocycles. The zero-order valence-corrected chi connectivity index (χ0v) is 13.5. The van der Waals surface area contributed by atoms with E-state index in [2.05, 4.69) is 16.7 Å². The molecule has 0 unspecified atom stereocenters. The van der Waals surface area contributed by atoms with Gasteiger partial charge in [-0.1, -0.05) is 6.92 Å². The van der Waals surface area contributed by atoms with Gasteiger partial charge in [-0.3, -0.25) is 14.5 Å². The number of carboxylic acids is 1. The van der Waals surface area contributed by atoms with Gasteiger partial charge < -0.3 is 14.9 Å². The summed E-state index contributed by atoms with van der Waals surface area (Å²) in [4.78, 5) is 29.3. The largest absolute Gasteiger partial charge is 0.481 e. The molecule has 1 saturated heterocycles. The van der Waals surface area contributed by atoms with Crippen LogP contribution in [-0.2, 0) is 9.59 Å². The first-order valence-electron chi connectivity index (χ1n) is 7.81.